The van der Waals surface area contributed by atoms with Crippen LogP contribution < -0.4 is 0 Å². The third kappa shape index (κ3) is 9.13. The first kappa shape index (κ1) is 39.4. The van der Waals surface area contributed by atoms with Gasteiger partial charge in [-0.25, -0.2) is 0 Å². The van der Waals surface area contributed by atoms with Crippen LogP contribution in [0.15, 0.2) is 158 Å². The molecule has 7 aromatic rings. The normalized spacial score (nSPS) is 12.7. The first-order chi connectivity index (χ1) is 27.6. The Hall–Kier alpha value is -5.46. The van der Waals surface area contributed by atoms with Crippen molar-refractivity contribution in [2.24, 2.45) is 0 Å². The van der Waals surface area contributed by atoms with Crippen molar-refractivity contribution in [3.8, 4) is 66.8 Å². The topological polar surface area (TPSA) is 0 Å². The summed E-state index contributed by atoms with van der Waals surface area (Å²) in [4.78, 5) is 0. The minimum atomic E-state index is 0.0776. The molecule has 0 nitrogen and oxygen atoms in total. The molecule has 0 heterocycles. The van der Waals surface area contributed by atoms with Gasteiger partial charge >= 0.3 is 0 Å². The number of hydrogen-bond donors (Lipinski definition) is 0. The van der Waals surface area contributed by atoms with Crippen molar-refractivity contribution in [2.75, 3.05) is 0 Å². The summed E-state index contributed by atoms with van der Waals surface area (Å²) < 4.78 is 9.17. The van der Waals surface area contributed by atoms with E-state index >= 15 is 0 Å². The Morgan fingerprint density at radius 2 is 0.397 bits per heavy atom. The monoisotopic (exact) mass is 759 g/mol. The van der Waals surface area contributed by atoms with E-state index in [0.717, 1.165) is 44.5 Å². The van der Waals surface area contributed by atoms with Crippen LogP contribution in [0.4, 0.5) is 0 Å². The third-order valence-electron chi connectivity index (χ3n) is 11.7. The summed E-state index contributed by atoms with van der Waals surface area (Å²) in [6.07, 6.45) is 0. The van der Waals surface area contributed by atoms with E-state index in [4.69, 9.17) is 0 Å². The van der Waals surface area contributed by atoms with Crippen molar-refractivity contribution in [2.45, 2.75) is 105 Å². The molecule has 0 saturated carbocycles. The Morgan fingerprint density at radius 1 is 0.224 bits per heavy atom. The van der Waals surface area contributed by atoms with E-state index in [0.29, 0.717) is 6.04 Å². The Labute approximate surface area is 351 Å². The van der Waals surface area contributed by atoms with Gasteiger partial charge in [0.05, 0.1) is 1.37 Å². The molecule has 0 N–H and O–H groups in total. The van der Waals surface area contributed by atoms with Crippen molar-refractivity contribution in [1.82, 2.24) is 0 Å². The van der Waals surface area contributed by atoms with E-state index in [1.54, 1.807) is 0 Å². The van der Waals surface area contributed by atoms with Gasteiger partial charge in [0.25, 0.3) is 0 Å². The van der Waals surface area contributed by atoms with Gasteiger partial charge in [0.15, 0.2) is 0 Å². The second-order valence-electron chi connectivity index (χ2n) is 20.4. The van der Waals surface area contributed by atoms with Crippen molar-refractivity contribution in [1.29, 1.82) is 0 Å². The summed E-state index contributed by atoms with van der Waals surface area (Å²) in [5.41, 5.74) is 19.2. The molecular weight excluding hydrogens is 697 g/mol. The molecule has 0 aliphatic carbocycles. The minimum Gasteiger partial charge on any atom is -0.0610 e. The van der Waals surface area contributed by atoms with Crippen LogP contribution in [0.3, 0.4) is 0 Å². The van der Waals surface area contributed by atoms with Gasteiger partial charge in [-0.2, -0.15) is 0 Å². The molecule has 7 rings (SSSR count). The lowest BCUT2D eigenvalue weighted by Crippen LogP contribution is -2.10. The summed E-state index contributed by atoms with van der Waals surface area (Å²) in [5, 5.41) is 0. The molecule has 0 atom stereocenters. The lowest BCUT2D eigenvalue weighted by Gasteiger charge is -2.20. The second kappa shape index (κ2) is 15.4. The summed E-state index contributed by atoms with van der Waals surface area (Å²) in [6, 6.07) is 56.8. The van der Waals surface area contributed by atoms with Gasteiger partial charge in [-0.05, 0) is 153 Å². The van der Waals surface area contributed by atoms with Crippen LogP contribution in [0.2, 0.25) is 0 Å². The molecule has 0 spiro atoms. The highest BCUT2D eigenvalue weighted by atomic mass is 14.2. The molecule has 0 bridgehead atoms. The Kier molecular flexibility index (Phi) is 10.4. The average molecular weight is 760 g/mol. The second-order valence-corrected chi connectivity index (χ2v) is 20.4. The van der Waals surface area contributed by atoms with Gasteiger partial charge in [-0.3, -0.25) is 0 Å². The van der Waals surface area contributed by atoms with Crippen molar-refractivity contribution >= 4 is 0 Å². The highest BCUT2D eigenvalue weighted by Crippen LogP contribution is 2.39. The van der Waals surface area contributed by atoms with Crippen LogP contribution in [0.5, 0.6) is 0 Å². The smallest absolute Gasteiger partial charge is 0.0610 e. The number of benzene rings is 7. The summed E-state index contributed by atoms with van der Waals surface area (Å²) in [6.45, 7) is 27.1. The van der Waals surface area contributed by atoms with Crippen molar-refractivity contribution in [3.05, 3.63) is 180 Å². The number of hydrogen-bond acceptors (Lipinski definition) is 0. The fourth-order valence-electron chi connectivity index (χ4n) is 7.71. The fraction of sp³-hybridized carbons (Fsp3) is 0.276. The largest absolute Gasteiger partial charge is 0.0623 e. The Bertz CT molecular complexity index is 2240. The lowest BCUT2D eigenvalue weighted by atomic mass is 9.84. The van der Waals surface area contributed by atoms with Crippen molar-refractivity contribution in [3.63, 3.8) is 0 Å². The molecular formula is C58H62. The predicted octanol–water partition coefficient (Wildman–Crippen LogP) is 16.9. The first-order valence-corrected chi connectivity index (χ1v) is 21.0. The highest BCUT2D eigenvalue weighted by molar-refractivity contribution is 5.85. The molecule has 0 unspecified atom stereocenters. The first-order valence-electron chi connectivity index (χ1n) is 21.5. The minimum absolute atomic E-state index is 0.0776. The molecule has 0 amide bonds. The summed E-state index contributed by atoms with van der Waals surface area (Å²) in [5.74, 6) is 0. The molecule has 0 heteroatoms. The van der Waals surface area contributed by atoms with E-state index in [9.17, 15) is 1.37 Å². The molecule has 0 saturated heterocycles. The SMILES string of the molecule is [2H]c1cc(-c2cc(-c3ccc(C(C)(C)C)cc3)cc(-c3ccc(C(C)(C)C)cc3)c2)cc(-c2cc(-c3ccc(C(C)(C)C)cc3)cc(-c3ccc(C(C)(C)C)cc3)c2)c1. The maximum Gasteiger partial charge on any atom is 0.0623 e. The molecule has 0 aliphatic rings. The highest BCUT2D eigenvalue weighted by Gasteiger charge is 2.18. The number of rotatable bonds is 6. The van der Waals surface area contributed by atoms with E-state index in [1.807, 2.05) is 12.1 Å². The van der Waals surface area contributed by atoms with Crippen LogP contribution in [-0.4, -0.2) is 0 Å². The van der Waals surface area contributed by atoms with Crippen LogP contribution in [0.1, 0.15) is 107 Å². The molecule has 0 aliphatic heterocycles. The van der Waals surface area contributed by atoms with Gasteiger partial charge in [0, 0.05) is 0 Å². The zero-order chi connectivity index (χ0) is 42.5. The van der Waals surface area contributed by atoms with Crippen LogP contribution in [-0.2, 0) is 21.7 Å². The standard InChI is InChI=1S/C58H62/c1-55(2,3)51-24-16-39(17-25-51)45-33-46(40-18-26-52(27-19-40)56(4,5)6)36-49(35-45)43-14-13-15-44(32-43)50-37-47(41-20-28-53(29-21-41)57(7,8)9)34-48(38-50)42-22-30-54(31-23-42)58(10,11)12/h13-38H,1-12H3/i13D. The van der Waals surface area contributed by atoms with E-state index in [2.05, 4.69) is 223 Å². The van der Waals surface area contributed by atoms with E-state index < -0.39 is 0 Å². The Morgan fingerprint density at radius 3 is 0.586 bits per heavy atom. The zero-order valence-electron chi connectivity index (χ0n) is 37.9. The van der Waals surface area contributed by atoms with Crippen LogP contribution >= 0.6 is 0 Å². The Balaban J connectivity index is 1.38. The zero-order valence-corrected chi connectivity index (χ0v) is 36.9. The molecule has 0 fully saturated rings. The molecule has 0 aromatic heterocycles. The van der Waals surface area contributed by atoms with Gasteiger partial charge in [-0.15, -0.1) is 0 Å². The summed E-state index contributed by atoms with van der Waals surface area (Å²) in [7, 11) is 0. The van der Waals surface area contributed by atoms with E-state index in [-0.39, 0.29) is 21.7 Å². The maximum absolute atomic E-state index is 9.17. The molecule has 0 radical (unpaired) electrons. The maximum atomic E-state index is 9.17. The molecule has 58 heavy (non-hydrogen) atoms. The molecule has 7 aromatic carbocycles. The van der Waals surface area contributed by atoms with Gasteiger partial charge in [0.1, 0.15) is 0 Å². The van der Waals surface area contributed by atoms with Crippen LogP contribution in [0, 0.1) is 0 Å². The average Bonchev–Trinajstić information content (AvgIpc) is 3.19. The van der Waals surface area contributed by atoms with Gasteiger partial charge in [-0.1, -0.05) is 198 Å². The van der Waals surface area contributed by atoms with Crippen LogP contribution in [0.25, 0.3) is 66.8 Å². The van der Waals surface area contributed by atoms with E-state index in [1.165, 1.54) is 44.5 Å². The predicted molar refractivity (Wildman–Crippen MR) is 254 cm³/mol. The quantitative estimate of drug-likeness (QED) is 0.158. The summed E-state index contributed by atoms with van der Waals surface area (Å²) >= 11 is 0. The molecule has 294 valence electrons. The van der Waals surface area contributed by atoms with Crippen molar-refractivity contribution < 1.29 is 1.37 Å². The lowest BCUT2D eigenvalue weighted by molar-refractivity contribution is 0.590. The van der Waals surface area contributed by atoms with Gasteiger partial charge in [0.2, 0.25) is 0 Å². The third-order valence-corrected chi connectivity index (χ3v) is 11.7. The van der Waals surface area contributed by atoms with Gasteiger partial charge < -0.3 is 0 Å². The fourth-order valence-corrected chi connectivity index (χ4v) is 7.71.